The van der Waals surface area contributed by atoms with Crippen LogP contribution in [-0.4, -0.2) is 6.54 Å². The lowest BCUT2D eigenvalue weighted by Crippen LogP contribution is -2.27. The quantitative estimate of drug-likeness (QED) is 0.839. The Bertz CT molecular complexity index is 399. The van der Waals surface area contributed by atoms with Crippen molar-refractivity contribution in [1.29, 1.82) is 0 Å². The molecule has 1 aliphatic carbocycles. The van der Waals surface area contributed by atoms with Crippen molar-refractivity contribution in [2.24, 2.45) is 11.3 Å². The molecule has 3 heteroatoms. The van der Waals surface area contributed by atoms with E-state index in [0.717, 1.165) is 12.1 Å². The van der Waals surface area contributed by atoms with Gasteiger partial charge in [-0.1, -0.05) is 25.4 Å². The zero-order chi connectivity index (χ0) is 12.5. The largest absolute Gasteiger partial charge is 0.312 e. The second-order valence-electron chi connectivity index (χ2n) is 5.36. The van der Waals surface area contributed by atoms with Crippen LogP contribution >= 0.6 is 11.6 Å². The van der Waals surface area contributed by atoms with Gasteiger partial charge in [0.25, 0.3) is 0 Å². The van der Waals surface area contributed by atoms with Crippen LogP contribution in [0.5, 0.6) is 0 Å². The molecule has 0 amide bonds. The van der Waals surface area contributed by atoms with E-state index in [1.807, 2.05) is 0 Å². The van der Waals surface area contributed by atoms with Gasteiger partial charge in [-0.3, -0.25) is 0 Å². The molecule has 1 fully saturated rings. The molecule has 0 saturated heterocycles. The van der Waals surface area contributed by atoms with E-state index < -0.39 is 0 Å². The third-order valence-corrected chi connectivity index (χ3v) is 4.29. The number of nitrogens with one attached hydrogen (secondary N) is 1. The fourth-order valence-corrected chi connectivity index (χ4v) is 2.43. The van der Waals surface area contributed by atoms with E-state index in [-0.39, 0.29) is 5.82 Å². The maximum atomic E-state index is 13.1. The molecule has 1 aromatic carbocycles. The molecule has 0 spiro atoms. The molecule has 0 unspecified atom stereocenters. The molecule has 1 aromatic rings. The van der Waals surface area contributed by atoms with Gasteiger partial charge in [0, 0.05) is 18.1 Å². The smallest absolute Gasteiger partial charge is 0.123 e. The van der Waals surface area contributed by atoms with Crippen LogP contribution in [-0.2, 0) is 6.54 Å². The van der Waals surface area contributed by atoms with Gasteiger partial charge < -0.3 is 5.32 Å². The van der Waals surface area contributed by atoms with Gasteiger partial charge in [-0.05, 0) is 47.9 Å². The monoisotopic (exact) mass is 255 g/mol. The molecule has 1 aliphatic rings. The molecule has 1 N–H and O–H groups in total. The van der Waals surface area contributed by atoms with Gasteiger partial charge in [0.05, 0.1) is 0 Å². The molecule has 0 radical (unpaired) electrons. The van der Waals surface area contributed by atoms with Crippen molar-refractivity contribution in [3.05, 3.63) is 34.6 Å². The third-order valence-electron chi connectivity index (χ3n) is 3.92. The number of rotatable bonds is 5. The molecule has 1 nitrogen and oxygen atoms in total. The first kappa shape index (κ1) is 12.8. The van der Waals surface area contributed by atoms with Crippen LogP contribution in [0.3, 0.4) is 0 Å². The predicted molar refractivity (Wildman–Crippen MR) is 69.6 cm³/mol. The molecule has 0 aromatic heterocycles. The highest BCUT2D eigenvalue weighted by Gasteiger charge is 2.44. The van der Waals surface area contributed by atoms with E-state index in [1.165, 1.54) is 25.0 Å². The Morgan fingerprint density at radius 3 is 2.71 bits per heavy atom. The summed E-state index contributed by atoms with van der Waals surface area (Å²) in [7, 11) is 0. The van der Waals surface area contributed by atoms with Crippen molar-refractivity contribution in [3.63, 3.8) is 0 Å². The van der Waals surface area contributed by atoms with E-state index in [0.29, 0.717) is 22.9 Å². The zero-order valence-corrected chi connectivity index (χ0v) is 11.1. The summed E-state index contributed by atoms with van der Waals surface area (Å²) < 4.78 is 13.1. The minimum Gasteiger partial charge on any atom is -0.312 e. The van der Waals surface area contributed by atoms with Crippen LogP contribution in [0.25, 0.3) is 0 Å². The predicted octanol–water partition coefficient (Wildman–Crippen LogP) is 4.00. The number of hydrogen-bond acceptors (Lipinski definition) is 1. The first-order valence-electron chi connectivity index (χ1n) is 6.18. The Kier molecular flexibility index (Phi) is 3.74. The van der Waals surface area contributed by atoms with Crippen LogP contribution < -0.4 is 5.32 Å². The summed E-state index contributed by atoms with van der Waals surface area (Å²) in [6, 6.07) is 4.51. The molecule has 0 bridgehead atoms. The van der Waals surface area contributed by atoms with Crippen molar-refractivity contribution in [2.75, 3.05) is 6.54 Å². The standard InChI is InChI=1S/C14H19ClFN/c1-10(2)14(5-6-14)9-17-8-11-7-12(16)3-4-13(11)15/h3-4,7,10,17H,5-6,8-9H2,1-2H3. The number of hydrogen-bond donors (Lipinski definition) is 1. The molecule has 1 saturated carbocycles. The summed E-state index contributed by atoms with van der Waals surface area (Å²) in [5.74, 6) is 0.481. The first-order valence-corrected chi connectivity index (χ1v) is 6.56. The van der Waals surface area contributed by atoms with Crippen LogP contribution in [0.1, 0.15) is 32.3 Å². The van der Waals surface area contributed by atoms with Crippen LogP contribution in [0.4, 0.5) is 4.39 Å². The molecule has 2 rings (SSSR count). The van der Waals surface area contributed by atoms with Gasteiger partial charge in [-0.2, -0.15) is 0 Å². The molecule has 17 heavy (non-hydrogen) atoms. The van der Waals surface area contributed by atoms with Crippen LogP contribution in [0, 0.1) is 17.2 Å². The summed E-state index contributed by atoms with van der Waals surface area (Å²) >= 11 is 6.02. The van der Waals surface area contributed by atoms with E-state index in [1.54, 1.807) is 6.07 Å². The average molecular weight is 256 g/mol. The van der Waals surface area contributed by atoms with Crippen molar-refractivity contribution in [3.8, 4) is 0 Å². The Morgan fingerprint density at radius 2 is 2.12 bits per heavy atom. The Balaban J connectivity index is 1.88. The van der Waals surface area contributed by atoms with Gasteiger partial charge in [0.15, 0.2) is 0 Å². The summed E-state index contributed by atoms with van der Waals surface area (Å²) in [6.07, 6.45) is 2.60. The number of halogens is 2. The minimum atomic E-state index is -0.226. The third kappa shape index (κ3) is 2.99. The van der Waals surface area contributed by atoms with E-state index >= 15 is 0 Å². The summed E-state index contributed by atoms with van der Waals surface area (Å²) in [5, 5.41) is 4.04. The summed E-state index contributed by atoms with van der Waals surface area (Å²) in [5.41, 5.74) is 1.31. The molecule has 0 aliphatic heterocycles. The van der Waals surface area contributed by atoms with Gasteiger partial charge in [-0.15, -0.1) is 0 Å². The van der Waals surface area contributed by atoms with E-state index in [2.05, 4.69) is 19.2 Å². The normalized spacial score (nSPS) is 17.5. The minimum absolute atomic E-state index is 0.226. The van der Waals surface area contributed by atoms with E-state index in [4.69, 9.17) is 11.6 Å². The van der Waals surface area contributed by atoms with Crippen molar-refractivity contribution >= 4 is 11.6 Å². The maximum absolute atomic E-state index is 13.1. The van der Waals surface area contributed by atoms with Gasteiger partial charge in [0.1, 0.15) is 5.82 Å². The SMILES string of the molecule is CC(C)C1(CNCc2cc(F)ccc2Cl)CC1. The van der Waals surface area contributed by atoms with Crippen molar-refractivity contribution in [2.45, 2.75) is 33.2 Å². The lowest BCUT2D eigenvalue weighted by Gasteiger charge is -2.20. The highest BCUT2D eigenvalue weighted by molar-refractivity contribution is 6.31. The van der Waals surface area contributed by atoms with Crippen molar-refractivity contribution in [1.82, 2.24) is 5.32 Å². The fourth-order valence-electron chi connectivity index (χ4n) is 2.24. The average Bonchev–Trinajstić information content (AvgIpc) is 3.04. The Labute approximate surface area is 107 Å². The molecule has 0 atom stereocenters. The molecular weight excluding hydrogens is 237 g/mol. The number of benzene rings is 1. The Morgan fingerprint density at radius 1 is 1.41 bits per heavy atom. The van der Waals surface area contributed by atoms with Gasteiger partial charge in [-0.25, -0.2) is 4.39 Å². The van der Waals surface area contributed by atoms with Gasteiger partial charge in [0.2, 0.25) is 0 Å². The Hall–Kier alpha value is -0.600. The maximum Gasteiger partial charge on any atom is 0.123 e. The highest BCUT2D eigenvalue weighted by atomic mass is 35.5. The van der Waals surface area contributed by atoms with Crippen molar-refractivity contribution < 1.29 is 4.39 Å². The lowest BCUT2D eigenvalue weighted by atomic mass is 9.92. The lowest BCUT2D eigenvalue weighted by molar-refractivity contribution is 0.338. The molecule has 94 valence electrons. The zero-order valence-electron chi connectivity index (χ0n) is 10.4. The topological polar surface area (TPSA) is 12.0 Å². The highest BCUT2D eigenvalue weighted by Crippen LogP contribution is 2.51. The summed E-state index contributed by atoms with van der Waals surface area (Å²) in [4.78, 5) is 0. The molecule has 0 heterocycles. The summed E-state index contributed by atoms with van der Waals surface area (Å²) in [6.45, 7) is 6.18. The van der Waals surface area contributed by atoms with E-state index in [9.17, 15) is 4.39 Å². The molecular formula is C14H19ClFN. The van der Waals surface area contributed by atoms with Crippen LogP contribution in [0.2, 0.25) is 5.02 Å². The first-order chi connectivity index (χ1) is 8.03. The second kappa shape index (κ2) is 4.95. The van der Waals surface area contributed by atoms with Gasteiger partial charge >= 0.3 is 0 Å². The fraction of sp³-hybridized carbons (Fsp3) is 0.571. The second-order valence-corrected chi connectivity index (χ2v) is 5.76. The van der Waals surface area contributed by atoms with Crippen LogP contribution in [0.15, 0.2) is 18.2 Å².